The second-order valence-corrected chi connectivity index (χ2v) is 16.0. The Balaban J connectivity index is 1.46. The lowest BCUT2D eigenvalue weighted by molar-refractivity contribution is -0.146. The second kappa shape index (κ2) is 13.8. The molecule has 1 amide bonds. The van der Waals surface area contributed by atoms with Crippen molar-refractivity contribution in [1.29, 1.82) is 0 Å². The quantitative estimate of drug-likeness (QED) is 0.228. The standard InChI is InChI=1S/C37H41F3N6O4S/c1-23-10-6-11-24(2)33(23)29-19-32-43-35(42-29)44-51(48,49)28-14-7-12-25(18-28)34(47)46(27(22-50-32)20-36(3,4)5)21-26-13-8-16-31(41-26)45-17-9-15-30(45)37(38,39)40/h6-8,10-14,16,18-19,27,30H,9,15,17,20-22H2,1-5H3,(H,42,43,44)/t27-,30?/m1/s1. The molecule has 0 saturated carbocycles. The van der Waals surface area contributed by atoms with Crippen molar-refractivity contribution in [3.8, 4) is 17.1 Å². The number of nitrogens with one attached hydrogen (secondary N) is 1. The molecule has 2 atom stereocenters. The second-order valence-electron chi connectivity index (χ2n) is 14.4. The van der Waals surface area contributed by atoms with E-state index < -0.39 is 34.2 Å². The highest BCUT2D eigenvalue weighted by molar-refractivity contribution is 7.92. The Morgan fingerprint density at radius 1 is 0.941 bits per heavy atom. The normalized spacial score (nSPS) is 19.4. The molecule has 2 aromatic carbocycles. The van der Waals surface area contributed by atoms with Gasteiger partial charge in [0.05, 0.1) is 28.9 Å². The van der Waals surface area contributed by atoms with Gasteiger partial charge >= 0.3 is 6.18 Å². The molecule has 51 heavy (non-hydrogen) atoms. The fourth-order valence-corrected chi connectivity index (χ4v) is 7.81. The zero-order chi connectivity index (χ0) is 36.7. The molecule has 2 aliphatic rings. The summed E-state index contributed by atoms with van der Waals surface area (Å²) in [4.78, 5) is 30.8. The maximum Gasteiger partial charge on any atom is 0.408 e. The fraction of sp³-hybridized carbons (Fsp3) is 0.405. The van der Waals surface area contributed by atoms with Crippen molar-refractivity contribution < 1.29 is 31.1 Å². The van der Waals surface area contributed by atoms with Crippen LogP contribution in [0.3, 0.4) is 0 Å². The minimum atomic E-state index is -4.41. The largest absolute Gasteiger partial charge is 0.475 e. The number of anilines is 2. The maximum atomic E-state index is 14.5. The first-order chi connectivity index (χ1) is 24.0. The summed E-state index contributed by atoms with van der Waals surface area (Å²) in [6.07, 6.45) is -3.59. The van der Waals surface area contributed by atoms with Gasteiger partial charge < -0.3 is 14.5 Å². The van der Waals surface area contributed by atoms with Gasteiger partial charge in [0.25, 0.3) is 15.9 Å². The molecule has 2 aliphatic heterocycles. The van der Waals surface area contributed by atoms with Crippen molar-refractivity contribution in [3.05, 3.63) is 89.1 Å². The van der Waals surface area contributed by atoms with Gasteiger partial charge in [0, 0.05) is 23.7 Å². The number of hydrogen-bond donors (Lipinski definition) is 1. The molecule has 1 unspecified atom stereocenters. The van der Waals surface area contributed by atoms with E-state index in [0.29, 0.717) is 24.2 Å². The number of hydrogen-bond acceptors (Lipinski definition) is 8. The summed E-state index contributed by atoms with van der Waals surface area (Å²) < 4.78 is 77.8. The van der Waals surface area contributed by atoms with Crippen LogP contribution in [0.15, 0.2) is 71.6 Å². The number of halogens is 3. The zero-order valence-corrected chi connectivity index (χ0v) is 30.0. The summed E-state index contributed by atoms with van der Waals surface area (Å²) in [5.41, 5.74) is 3.28. The van der Waals surface area contributed by atoms with E-state index in [0.717, 1.165) is 16.7 Å². The third kappa shape index (κ3) is 8.11. The van der Waals surface area contributed by atoms with Crippen LogP contribution in [0.5, 0.6) is 5.88 Å². The number of carbonyl (C=O) groups is 1. The molecule has 2 aromatic heterocycles. The van der Waals surface area contributed by atoms with E-state index in [1.165, 1.54) is 29.2 Å². The van der Waals surface area contributed by atoms with E-state index in [-0.39, 0.29) is 59.6 Å². The first-order valence-corrected chi connectivity index (χ1v) is 18.3. The Morgan fingerprint density at radius 2 is 1.65 bits per heavy atom. The molecular weight excluding hydrogens is 682 g/mol. The number of pyridine rings is 1. The van der Waals surface area contributed by atoms with Crippen LogP contribution in [0.25, 0.3) is 11.3 Å². The van der Waals surface area contributed by atoms with E-state index in [1.807, 2.05) is 52.8 Å². The lowest BCUT2D eigenvalue weighted by Gasteiger charge is -2.36. The van der Waals surface area contributed by atoms with E-state index in [2.05, 4.69) is 19.7 Å². The fourth-order valence-electron chi connectivity index (χ4n) is 6.82. The predicted octanol–water partition coefficient (Wildman–Crippen LogP) is 7.33. The van der Waals surface area contributed by atoms with Crippen LogP contribution in [0, 0.1) is 19.3 Å². The van der Waals surface area contributed by atoms with Gasteiger partial charge in [-0.1, -0.05) is 51.1 Å². The van der Waals surface area contributed by atoms with E-state index in [9.17, 15) is 26.4 Å². The highest BCUT2D eigenvalue weighted by Gasteiger charge is 2.46. The molecule has 270 valence electrons. The molecular formula is C37H41F3N6O4S. The van der Waals surface area contributed by atoms with Gasteiger partial charge in [-0.25, -0.2) is 23.1 Å². The molecule has 4 heterocycles. The zero-order valence-electron chi connectivity index (χ0n) is 29.2. The molecule has 4 aromatic rings. The van der Waals surface area contributed by atoms with Crippen molar-refractivity contribution >= 4 is 27.7 Å². The van der Waals surface area contributed by atoms with Crippen LogP contribution in [0.2, 0.25) is 0 Å². The average Bonchev–Trinajstić information content (AvgIpc) is 3.56. The summed E-state index contributed by atoms with van der Waals surface area (Å²) in [6.45, 7) is 10.1. The SMILES string of the molecule is Cc1cccc(C)c1-c1cc2nc(n1)NS(=O)(=O)c1cccc(c1)C(=O)N(Cc1cccc(N3CCCC3C(F)(F)F)n1)[C@H](CC(C)(C)C)CO2. The number of aryl methyl sites for hydroxylation is 2. The molecule has 0 radical (unpaired) electrons. The third-order valence-electron chi connectivity index (χ3n) is 9.08. The Morgan fingerprint density at radius 3 is 2.35 bits per heavy atom. The Bertz CT molecular complexity index is 2030. The number of amides is 1. The van der Waals surface area contributed by atoms with Gasteiger partial charge in [-0.3, -0.25) is 4.79 Å². The maximum absolute atomic E-state index is 14.5. The molecule has 10 nitrogen and oxygen atoms in total. The predicted molar refractivity (Wildman–Crippen MR) is 188 cm³/mol. The van der Waals surface area contributed by atoms with Gasteiger partial charge in [0.2, 0.25) is 11.8 Å². The van der Waals surface area contributed by atoms with Crippen LogP contribution in [-0.2, 0) is 16.6 Å². The monoisotopic (exact) mass is 722 g/mol. The van der Waals surface area contributed by atoms with E-state index in [4.69, 9.17) is 4.74 Å². The van der Waals surface area contributed by atoms with Crippen LogP contribution in [0.4, 0.5) is 24.9 Å². The van der Waals surface area contributed by atoms with Gasteiger partial charge in [0.15, 0.2) is 0 Å². The number of rotatable bonds is 5. The van der Waals surface area contributed by atoms with Crippen molar-refractivity contribution in [1.82, 2.24) is 19.9 Å². The number of fused-ring (bicyclic) bond motifs is 4. The first kappa shape index (κ1) is 36.1. The first-order valence-electron chi connectivity index (χ1n) is 16.8. The van der Waals surface area contributed by atoms with Crippen molar-refractivity contribution in [2.24, 2.45) is 5.41 Å². The van der Waals surface area contributed by atoms with Crippen molar-refractivity contribution in [2.45, 2.75) is 83.6 Å². The third-order valence-corrected chi connectivity index (χ3v) is 10.4. The van der Waals surface area contributed by atoms with Gasteiger partial charge in [-0.15, -0.1) is 0 Å². The van der Waals surface area contributed by atoms with Crippen LogP contribution in [-0.4, -0.2) is 65.6 Å². The topological polar surface area (TPSA) is 118 Å². The summed E-state index contributed by atoms with van der Waals surface area (Å²) in [7, 11) is -4.26. The van der Waals surface area contributed by atoms with Gasteiger partial charge in [-0.2, -0.15) is 18.2 Å². The summed E-state index contributed by atoms with van der Waals surface area (Å²) >= 11 is 0. The number of aromatic nitrogens is 3. The van der Waals surface area contributed by atoms with Crippen LogP contribution < -0.4 is 14.4 Å². The Hall–Kier alpha value is -4.72. The minimum absolute atomic E-state index is 0.0189. The Labute approximate surface area is 296 Å². The van der Waals surface area contributed by atoms with E-state index >= 15 is 0 Å². The number of benzene rings is 2. The Kier molecular flexibility index (Phi) is 9.75. The molecule has 0 spiro atoms. The molecule has 1 saturated heterocycles. The lowest BCUT2D eigenvalue weighted by atomic mass is 9.87. The van der Waals surface area contributed by atoms with Crippen LogP contribution in [0.1, 0.15) is 67.2 Å². The van der Waals surface area contributed by atoms with Crippen molar-refractivity contribution in [3.63, 3.8) is 0 Å². The summed E-state index contributed by atoms with van der Waals surface area (Å²) in [5, 5.41) is 0. The van der Waals surface area contributed by atoms with Crippen LogP contribution >= 0.6 is 0 Å². The van der Waals surface area contributed by atoms with Crippen molar-refractivity contribution in [2.75, 3.05) is 22.8 Å². The highest BCUT2D eigenvalue weighted by atomic mass is 32.2. The van der Waals surface area contributed by atoms with Gasteiger partial charge in [-0.05, 0) is 80.0 Å². The smallest absolute Gasteiger partial charge is 0.408 e. The molecule has 0 aliphatic carbocycles. The average molecular weight is 723 g/mol. The summed E-state index contributed by atoms with van der Waals surface area (Å²) in [6, 6.07) is 15.7. The molecule has 1 fully saturated rings. The molecule has 6 rings (SSSR count). The number of ether oxygens (including phenoxy) is 1. The minimum Gasteiger partial charge on any atom is -0.475 e. The molecule has 14 heteroatoms. The highest BCUT2D eigenvalue weighted by Crippen LogP contribution is 2.36. The van der Waals surface area contributed by atoms with E-state index in [1.54, 1.807) is 29.2 Å². The number of alkyl halides is 3. The van der Waals surface area contributed by atoms with Gasteiger partial charge in [0.1, 0.15) is 18.5 Å². The molecule has 4 bridgehead atoms. The number of nitrogens with zero attached hydrogens (tertiary/aromatic N) is 5. The summed E-state index contributed by atoms with van der Waals surface area (Å²) in [5.74, 6) is -0.393. The number of carbonyl (C=O) groups excluding carboxylic acids is 1. The lowest BCUT2D eigenvalue weighted by Crippen LogP contribution is -2.45. The molecule has 1 N–H and O–H groups in total. The number of sulfonamides is 1.